The Morgan fingerprint density at radius 2 is 1.23 bits per heavy atom. The molecule has 0 unspecified atom stereocenters. The van der Waals surface area contributed by atoms with Crippen LogP contribution < -0.4 is 0 Å². The van der Waals surface area contributed by atoms with Crippen LogP contribution in [0.15, 0.2) is 0 Å². The molecule has 0 heterocycles. The van der Waals surface area contributed by atoms with E-state index in [9.17, 15) is 4.79 Å². The molecule has 0 bridgehead atoms. The third-order valence-electron chi connectivity index (χ3n) is 4.05. The summed E-state index contributed by atoms with van der Waals surface area (Å²) in [6.07, 6.45) is 17.5. The van der Waals surface area contributed by atoms with E-state index in [1.54, 1.807) is 0 Å². The molecule has 0 radical (unpaired) electrons. The van der Waals surface area contributed by atoms with Crippen molar-refractivity contribution in [1.29, 1.82) is 0 Å². The number of ether oxygens (including phenoxy) is 1. The predicted octanol–water partition coefficient (Wildman–Crippen LogP) is 5.39. The maximum absolute atomic E-state index is 11.5. The summed E-state index contributed by atoms with van der Waals surface area (Å²) in [6.45, 7) is 3.00. The van der Waals surface area contributed by atoms with Gasteiger partial charge >= 0.3 is 5.97 Å². The van der Waals surface area contributed by atoms with Gasteiger partial charge < -0.3 is 9.84 Å². The highest BCUT2D eigenvalue weighted by atomic mass is 16.5. The number of carbonyl (C=O) groups is 1. The molecule has 0 aliphatic rings. The van der Waals surface area contributed by atoms with Gasteiger partial charge in [0.05, 0.1) is 6.61 Å². The molecular weight excluding hydrogens is 276 g/mol. The van der Waals surface area contributed by atoms with Gasteiger partial charge in [-0.05, 0) is 25.7 Å². The molecule has 1 N–H and O–H groups in total. The summed E-state index contributed by atoms with van der Waals surface area (Å²) in [7, 11) is 0. The second-order valence-electron chi connectivity index (χ2n) is 6.29. The van der Waals surface area contributed by atoms with Crippen LogP contribution >= 0.6 is 0 Å². The Hall–Kier alpha value is -0.570. The van der Waals surface area contributed by atoms with Crippen LogP contribution in [0.2, 0.25) is 0 Å². The first-order valence-corrected chi connectivity index (χ1v) is 9.57. The third kappa shape index (κ3) is 17.5. The van der Waals surface area contributed by atoms with E-state index in [4.69, 9.17) is 9.84 Å². The van der Waals surface area contributed by atoms with E-state index in [-0.39, 0.29) is 12.6 Å². The SMILES string of the molecule is CCCCCCCCCCCCCC(=O)OCCCCCO. The van der Waals surface area contributed by atoms with Crippen LogP contribution in [0, 0.1) is 0 Å². The van der Waals surface area contributed by atoms with Crippen molar-refractivity contribution in [3.05, 3.63) is 0 Å². The van der Waals surface area contributed by atoms with Crippen LogP contribution in [0.25, 0.3) is 0 Å². The first-order chi connectivity index (χ1) is 10.8. The summed E-state index contributed by atoms with van der Waals surface area (Å²) in [6, 6.07) is 0. The lowest BCUT2D eigenvalue weighted by atomic mass is 10.1. The summed E-state index contributed by atoms with van der Waals surface area (Å²) in [5, 5.41) is 8.64. The molecule has 0 atom stereocenters. The fourth-order valence-corrected chi connectivity index (χ4v) is 2.58. The van der Waals surface area contributed by atoms with Crippen molar-refractivity contribution in [1.82, 2.24) is 0 Å². The quantitative estimate of drug-likeness (QED) is 0.289. The van der Waals surface area contributed by atoms with E-state index < -0.39 is 0 Å². The highest BCUT2D eigenvalue weighted by molar-refractivity contribution is 5.69. The Balaban J connectivity index is 3.10. The molecule has 3 nitrogen and oxygen atoms in total. The zero-order valence-corrected chi connectivity index (χ0v) is 14.8. The minimum atomic E-state index is -0.0556. The summed E-state index contributed by atoms with van der Waals surface area (Å²) in [5.74, 6) is -0.0556. The topological polar surface area (TPSA) is 46.5 Å². The van der Waals surface area contributed by atoms with Gasteiger partial charge in [0.25, 0.3) is 0 Å². The van der Waals surface area contributed by atoms with Crippen molar-refractivity contribution < 1.29 is 14.6 Å². The third-order valence-corrected chi connectivity index (χ3v) is 4.05. The monoisotopic (exact) mass is 314 g/mol. The zero-order valence-electron chi connectivity index (χ0n) is 14.8. The van der Waals surface area contributed by atoms with E-state index in [2.05, 4.69) is 6.92 Å². The van der Waals surface area contributed by atoms with Gasteiger partial charge in [-0.15, -0.1) is 0 Å². The van der Waals surface area contributed by atoms with Gasteiger partial charge in [-0.3, -0.25) is 4.79 Å². The van der Waals surface area contributed by atoms with Crippen LogP contribution in [0.4, 0.5) is 0 Å². The lowest BCUT2D eigenvalue weighted by molar-refractivity contribution is -0.143. The number of aliphatic hydroxyl groups excluding tert-OH is 1. The van der Waals surface area contributed by atoms with Crippen LogP contribution in [-0.2, 0) is 9.53 Å². The largest absolute Gasteiger partial charge is 0.466 e. The summed E-state index contributed by atoms with van der Waals surface area (Å²) in [4.78, 5) is 11.5. The summed E-state index contributed by atoms with van der Waals surface area (Å²) in [5.41, 5.74) is 0. The van der Waals surface area contributed by atoms with E-state index in [0.29, 0.717) is 13.0 Å². The second kappa shape index (κ2) is 18.5. The van der Waals surface area contributed by atoms with E-state index >= 15 is 0 Å². The maximum Gasteiger partial charge on any atom is 0.305 e. The molecule has 0 rings (SSSR count). The van der Waals surface area contributed by atoms with Gasteiger partial charge in [0.2, 0.25) is 0 Å². The first-order valence-electron chi connectivity index (χ1n) is 9.57. The van der Waals surface area contributed by atoms with E-state index in [1.807, 2.05) is 0 Å². The molecule has 0 aromatic heterocycles. The van der Waals surface area contributed by atoms with Crippen molar-refractivity contribution in [3.8, 4) is 0 Å². The first kappa shape index (κ1) is 21.4. The minimum absolute atomic E-state index is 0.0556. The fraction of sp³-hybridized carbons (Fsp3) is 0.947. The highest BCUT2D eigenvalue weighted by Gasteiger charge is 2.02. The zero-order chi connectivity index (χ0) is 16.3. The average molecular weight is 315 g/mol. The van der Waals surface area contributed by atoms with E-state index in [0.717, 1.165) is 32.1 Å². The van der Waals surface area contributed by atoms with Crippen LogP contribution in [0.3, 0.4) is 0 Å². The van der Waals surface area contributed by atoms with Gasteiger partial charge in [0.15, 0.2) is 0 Å². The number of esters is 1. The van der Waals surface area contributed by atoms with Gasteiger partial charge in [-0.2, -0.15) is 0 Å². The minimum Gasteiger partial charge on any atom is -0.466 e. The Labute approximate surface area is 137 Å². The Bertz CT molecular complexity index is 229. The van der Waals surface area contributed by atoms with Gasteiger partial charge in [-0.1, -0.05) is 71.1 Å². The molecule has 0 fully saturated rings. The standard InChI is InChI=1S/C19H38O3/c1-2-3-4-5-6-7-8-9-10-11-13-16-19(21)22-18-15-12-14-17-20/h20H,2-18H2,1H3. The number of rotatable bonds is 17. The second-order valence-corrected chi connectivity index (χ2v) is 6.29. The Morgan fingerprint density at radius 3 is 1.77 bits per heavy atom. The van der Waals surface area contributed by atoms with Crippen molar-refractivity contribution in [2.75, 3.05) is 13.2 Å². The van der Waals surface area contributed by atoms with Crippen molar-refractivity contribution >= 4 is 5.97 Å². The maximum atomic E-state index is 11.5. The summed E-state index contributed by atoms with van der Waals surface area (Å²) >= 11 is 0. The lowest BCUT2D eigenvalue weighted by Gasteiger charge is -2.05. The molecule has 0 aromatic rings. The molecule has 0 aromatic carbocycles. The van der Waals surface area contributed by atoms with E-state index in [1.165, 1.54) is 57.8 Å². The van der Waals surface area contributed by atoms with Gasteiger partial charge in [0, 0.05) is 13.0 Å². The van der Waals surface area contributed by atoms with Gasteiger partial charge in [0.1, 0.15) is 0 Å². The Kier molecular flexibility index (Phi) is 18.0. The smallest absolute Gasteiger partial charge is 0.305 e. The van der Waals surface area contributed by atoms with Crippen LogP contribution in [0.5, 0.6) is 0 Å². The Morgan fingerprint density at radius 1 is 0.727 bits per heavy atom. The van der Waals surface area contributed by atoms with Gasteiger partial charge in [-0.25, -0.2) is 0 Å². The molecule has 0 aliphatic carbocycles. The molecular formula is C19H38O3. The predicted molar refractivity (Wildman–Crippen MR) is 93.0 cm³/mol. The molecule has 132 valence electrons. The van der Waals surface area contributed by atoms with Crippen LogP contribution in [0.1, 0.15) is 103 Å². The molecule has 0 saturated carbocycles. The summed E-state index contributed by atoms with van der Waals surface area (Å²) < 4.78 is 5.16. The molecule has 0 saturated heterocycles. The number of hydrogen-bond donors (Lipinski definition) is 1. The molecule has 0 spiro atoms. The number of aliphatic hydroxyl groups is 1. The van der Waals surface area contributed by atoms with Crippen molar-refractivity contribution in [2.45, 2.75) is 103 Å². The number of unbranched alkanes of at least 4 members (excludes halogenated alkanes) is 12. The van der Waals surface area contributed by atoms with Crippen molar-refractivity contribution in [2.24, 2.45) is 0 Å². The molecule has 3 heteroatoms. The molecule has 22 heavy (non-hydrogen) atoms. The molecule has 0 amide bonds. The normalized spacial score (nSPS) is 10.8. The number of carbonyl (C=O) groups excluding carboxylic acids is 1. The van der Waals surface area contributed by atoms with Crippen molar-refractivity contribution in [3.63, 3.8) is 0 Å². The number of hydrogen-bond acceptors (Lipinski definition) is 3. The highest BCUT2D eigenvalue weighted by Crippen LogP contribution is 2.12. The molecule has 0 aliphatic heterocycles. The average Bonchev–Trinajstić information content (AvgIpc) is 2.52. The fourth-order valence-electron chi connectivity index (χ4n) is 2.58. The lowest BCUT2D eigenvalue weighted by Crippen LogP contribution is -2.05. The van der Waals surface area contributed by atoms with Crippen LogP contribution in [-0.4, -0.2) is 24.3 Å².